The minimum Gasteiger partial charge on any atom is -0.477 e. The number of carbonyl (C=O) groups is 1. The Morgan fingerprint density at radius 1 is 1.11 bits per heavy atom. The number of thioether (sulfide) groups is 1. The molecule has 7 heteroatoms. The fraction of sp³-hybridized carbons (Fsp3) is 0. The first-order valence-corrected chi connectivity index (χ1v) is 9.21. The van der Waals surface area contributed by atoms with Crippen molar-refractivity contribution in [1.82, 2.24) is 9.97 Å². The number of nitrogens with one attached hydrogen (secondary N) is 1. The Balaban J connectivity index is 1.61. The predicted octanol–water partition coefficient (Wildman–Crippen LogP) is 5.69. The monoisotopic (exact) mass is 396 g/mol. The molecule has 0 amide bonds. The zero-order chi connectivity index (χ0) is 18.8. The van der Waals surface area contributed by atoms with Crippen molar-refractivity contribution in [2.75, 3.05) is 0 Å². The van der Waals surface area contributed by atoms with Gasteiger partial charge in [-0.15, -0.1) is 0 Å². The van der Waals surface area contributed by atoms with E-state index in [9.17, 15) is 9.90 Å². The van der Waals surface area contributed by atoms with Crippen molar-refractivity contribution in [2.45, 2.75) is 5.16 Å². The first kappa shape index (κ1) is 17.5. The molecule has 2 aromatic heterocycles. The third kappa shape index (κ3) is 3.92. The van der Waals surface area contributed by atoms with E-state index < -0.39 is 5.97 Å². The van der Waals surface area contributed by atoms with Crippen molar-refractivity contribution in [3.8, 4) is 11.3 Å². The van der Waals surface area contributed by atoms with Crippen molar-refractivity contribution in [1.29, 1.82) is 0 Å². The minimum atomic E-state index is -1.05. The maximum Gasteiger partial charge on any atom is 0.342 e. The highest BCUT2D eigenvalue weighted by Gasteiger charge is 2.14. The number of imidazole rings is 1. The van der Waals surface area contributed by atoms with Crippen molar-refractivity contribution in [3.63, 3.8) is 0 Å². The van der Waals surface area contributed by atoms with Crippen LogP contribution in [0.15, 0.2) is 75.1 Å². The van der Waals surface area contributed by atoms with Crippen LogP contribution in [0.2, 0.25) is 5.02 Å². The number of halogens is 1. The molecule has 4 rings (SSSR count). The maximum absolute atomic E-state index is 11.7. The third-order valence-corrected chi connectivity index (χ3v) is 4.96. The van der Waals surface area contributed by atoms with E-state index in [1.807, 2.05) is 36.4 Å². The molecule has 0 atom stereocenters. The molecule has 0 bridgehead atoms. The minimum absolute atomic E-state index is 0.103. The van der Waals surface area contributed by atoms with Gasteiger partial charge in [0, 0.05) is 16.7 Å². The quantitative estimate of drug-likeness (QED) is 0.334. The van der Waals surface area contributed by atoms with E-state index >= 15 is 0 Å². The van der Waals surface area contributed by atoms with Gasteiger partial charge in [-0.3, -0.25) is 0 Å². The van der Waals surface area contributed by atoms with Crippen LogP contribution in [0.4, 0.5) is 0 Å². The number of rotatable bonds is 5. The Morgan fingerprint density at radius 3 is 2.63 bits per heavy atom. The van der Waals surface area contributed by atoms with Gasteiger partial charge < -0.3 is 14.5 Å². The average Bonchev–Trinajstić information content (AvgIpc) is 3.28. The van der Waals surface area contributed by atoms with Gasteiger partial charge in [-0.25, -0.2) is 9.78 Å². The van der Waals surface area contributed by atoms with E-state index in [-0.39, 0.29) is 4.91 Å². The van der Waals surface area contributed by atoms with Gasteiger partial charge in [0.2, 0.25) is 0 Å². The zero-order valence-electron chi connectivity index (χ0n) is 13.8. The lowest BCUT2D eigenvalue weighted by Gasteiger charge is -1.99. The number of furan rings is 1. The molecule has 0 unspecified atom stereocenters. The van der Waals surface area contributed by atoms with Crippen LogP contribution >= 0.6 is 23.4 Å². The lowest BCUT2D eigenvalue weighted by molar-refractivity contribution is -0.131. The molecule has 27 heavy (non-hydrogen) atoms. The standard InChI is InChI=1S/C20H13ClN2O3S/c21-13-7-5-12(6-8-13)17-10-9-14(26-17)11-18(19(24)25)27-20-22-15-3-1-2-4-16(15)23-20/h1-11H,(H,22,23)(H,24,25)/b18-11-. The first-order chi connectivity index (χ1) is 13.1. The number of aliphatic carboxylic acids is 1. The van der Waals surface area contributed by atoms with Gasteiger partial charge in [0.05, 0.1) is 11.0 Å². The number of nitrogens with zero attached hydrogens (tertiary/aromatic N) is 1. The molecule has 134 valence electrons. The topological polar surface area (TPSA) is 79.1 Å². The summed E-state index contributed by atoms with van der Waals surface area (Å²) in [5.41, 5.74) is 2.50. The maximum atomic E-state index is 11.7. The number of carboxylic acid groups (broad SMARTS) is 1. The fourth-order valence-corrected chi connectivity index (χ4v) is 3.45. The highest BCUT2D eigenvalue weighted by Crippen LogP contribution is 2.30. The molecule has 0 fully saturated rings. The summed E-state index contributed by atoms with van der Waals surface area (Å²) in [5.74, 6) is 0.0299. The van der Waals surface area contributed by atoms with Crippen LogP contribution in [0.5, 0.6) is 0 Å². The summed E-state index contributed by atoms with van der Waals surface area (Å²) in [5, 5.41) is 10.7. The van der Waals surface area contributed by atoms with Crippen LogP contribution in [-0.4, -0.2) is 21.0 Å². The number of carboxylic acids is 1. The van der Waals surface area contributed by atoms with Crippen LogP contribution in [0.1, 0.15) is 5.76 Å². The van der Waals surface area contributed by atoms with E-state index in [1.165, 1.54) is 6.08 Å². The second kappa shape index (κ2) is 7.34. The smallest absolute Gasteiger partial charge is 0.342 e. The Bertz CT molecular complexity index is 1110. The summed E-state index contributed by atoms with van der Waals surface area (Å²) in [6.45, 7) is 0. The molecule has 2 aromatic carbocycles. The lowest BCUT2D eigenvalue weighted by Crippen LogP contribution is -1.96. The largest absolute Gasteiger partial charge is 0.477 e. The van der Waals surface area contributed by atoms with Gasteiger partial charge in [0.1, 0.15) is 16.4 Å². The van der Waals surface area contributed by atoms with Gasteiger partial charge in [0.15, 0.2) is 5.16 Å². The predicted molar refractivity (Wildman–Crippen MR) is 107 cm³/mol. The highest BCUT2D eigenvalue weighted by molar-refractivity contribution is 8.04. The molecule has 0 spiro atoms. The number of H-pyrrole nitrogens is 1. The lowest BCUT2D eigenvalue weighted by atomic mass is 10.2. The van der Waals surface area contributed by atoms with Crippen molar-refractivity contribution < 1.29 is 14.3 Å². The molecule has 0 aliphatic heterocycles. The summed E-state index contributed by atoms with van der Waals surface area (Å²) >= 11 is 6.94. The van der Waals surface area contributed by atoms with Crippen LogP contribution in [-0.2, 0) is 4.79 Å². The first-order valence-electron chi connectivity index (χ1n) is 8.02. The van der Waals surface area contributed by atoms with Gasteiger partial charge in [-0.1, -0.05) is 23.7 Å². The molecule has 0 aliphatic rings. The molecule has 2 N–H and O–H groups in total. The normalized spacial score (nSPS) is 11.8. The number of benzene rings is 2. The van der Waals surface area contributed by atoms with E-state index in [0.29, 0.717) is 21.7 Å². The van der Waals surface area contributed by atoms with E-state index in [0.717, 1.165) is 28.4 Å². The summed E-state index contributed by atoms with van der Waals surface area (Å²) in [6, 6.07) is 18.3. The van der Waals surface area contributed by atoms with Gasteiger partial charge in [-0.05, 0) is 60.3 Å². The van der Waals surface area contributed by atoms with Crippen LogP contribution in [0.25, 0.3) is 28.4 Å². The molecule has 0 saturated heterocycles. The van der Waals surface area contributed by atoms with Crippen molar-refractivity contribution in [2.24, 2.45) is 0 Å². The Hall–Kier alpha value is -2.96. The average molecular weight is 397 g/mol. The Labute approximate surface area is 163 Å². The SMILES string of the molecule is O=C(O)/C(=C/c1ccc(-c2ccc(Cl)cc2)o1)Sc1nc2ccccc2[nH]1. The molecule has 0 aliphatic carbocycles. The molecule has 2 heterocycles. The fourth-order valence-electron chi connectivity index (χ4n) is 2.55. The van der Waals surface area contributed by atoms with Crippen molar-refractivity contribution in [3.05, 3.63) is 76.4 Å². The van der Waals surface area contributed by atoms with Crippen molar-refractivity contribution >= 4 is 46.4 Å². The summed E-state index contributed by atoms with van der Waals surface area (Å²) in [6.07, 6.45) is 1.49. The number of fused-ring (bicyclic) bond motifs is 1. The van der Waals surface area contributed by atoms with Crippen LogP contribution in [0, 0.1) is 0 Å². The second-order valence-electron chi connectivity index (χ2n) is 5.68. The number of aromatic nitrogens is 2. The summed E-state index contributed by atoms with van der Waals surface area (Å²) in [7, 11) is 0. The molecule has 4 aromatic rings. The molecular weight excluding hydrogens is 384 g/mol. The molecule has 0 saturated carbocycles. The van der Waals surface area contributed by atoms with E-state index in [4.69, 9.17) is 16.0 Å². The van der Waals surface area contributed by atoms with Gasteiger partial charge in [-0.2, -0.15) is 0 Å². The van der Waals surface area contributed by atoms with E-state index in [2.05, 4.69) is 9.97 Å². The third-order valence-electron chi connectivity index (χ3n) is 3.81. The van der Waals surface area contributed by atoms with Gasteiger partial charge >= 0.3 is 5.97 Å². The number of aromatic amines is 1. The van der Waals surface area contributed by atoms with Crippen LogP contribution < -0.4 is 0 Å². The summed E-state index contributed by atoms with van der Waals surface area (Å²) < 4.78 is 5.76. The number of hydrogen-bond acceptors (Lipinski definition) is 4. The highest BCUT2D eigenvalue weighted by atomic mass is 35.5. The van der Waals surface area contributed by atoms with Crippen LogP contribution in [0.3, 0.4) is 0 Å². The Kier molecular flexibility index (Phi) is 4.75. The van der Waals surface area contributed by atoms with Gasteiger partial charge in [0.25, 0.3) is 0 Å². The molecule has 5 nitrogen and oxygen atoms in total. The second-order valence-corrected chi connectivity index (χ2v) is 7.15. The number of hydrogen-bond donors (Lipinski definition) is 2. The Morgan fingerprint density at radius 2 is 1.89 bits per heavy atom. The summed E-state index contributed by atoms with van der Waals surface area (Å²) in [4.78, 5) is 19.3. The molecular formula is C20H13ClN2O3S. The molecule has 0 radical (unpaired) electrons. The zero-order valence-corrected chi connectivity index (χ0v) is 15.4. The number of para-hydroxylation sites is 2. The van der Waals surface area contributed by atoms with E-state index in [1.54, 1.807) is 24.3 Å².